The molecule has 1 aromatic carbocycles. The van der Waals surface area contributed by atoms with Crippen molar-refractivity contribution < 1.29 is 29.3 Å². The largest absolute Gasteiger partial charge is 0.496 e. The van der Waals surface area contributed by atoms with Gasteiger partial charge in [0.25, 0.3) is 5.79 Å². The molecule has 6 nitrogen and oxygen atoms in total. The molecule has 90 valence electrons. The molecule has 0 unspecified atom stereocenters. The maximum atomic E-state index is 11.7. The van der Waals surface area contributed by atoms with Crippen LogP contribution in [0.5, 0.6) is 11.5 Å². The Balaban J connectivity index is 2.79. The summed E-state index contributed by atoms with van der Waals surface area (Å²) in [5, 5.41) is 18.9. The van der Waals surface area contributed by atoms with E-state index in [2.05, 4.69) is 0 Å². The molecule has 6 heteroatoms. The normalized spacial score (nSPS) is 16.9. The predicted molar refractivity (Wildman–Crippen MR) is 55.4 cm³/mol. The maximum Gasteiger partial charge on any atom is 0.295 e. The summed E-state index contributed by atoms with van der Waals surface area (Å²) in [5.41, 5.74) is -0.330. The van der Waals surface area contributed by atoms with Gasteiger partial charge >= 0.3 is 0 Å². The van der Waals surface area contributed by atoms with Crippen LogP contribution in [0.2, 0.25) is 0 Å². The topological polar surface area (TPSA) is 93.1 Å². The van der Waals surface area contributed by atoms with Gasteiger partial charge in [-0.2, -0.15) is 0 Å². The average molecular weight is 238 g/mol. The zero-order valence-corrected chi connectivity index (χ0v) is 9.18. The minimum absolute atomic E-state index is 0.101. The monoisotopic (exact) mass is 238 g/mol. The van der Waals surface area contributed by atoms with E-state index in [9.17, 15) is 19.8 Å². The van der Waals surface area contributed by atoms with Gasteiger partial charge in [0.1, 0.15) is 11.5 Å². The molecule has 17 heavy (non-hydrogen) atoms. The van der Waals surface area contributed by atoms with Crippen molar-refractivity contribution in [1.82, 2.24) is 0 Å². The summed E-state index contributed by atoms with van der Waals surface area (Å²) in [4.78, 5) is 23.4. The summed E-state index contributed by atoms with van der Waals surface area (Å²) in [6, 6.07) is 2.84. The molecule has 1 aliphatic carbocycles. The van der Waals surface area contributed by atoms with Crippen LogP contribution in [0.1, 0.15) is 20.7 Å². The number of aliphatic hydroxyl groups is 2. The van der Waals surface area contributed by atoms with Gasteiger partial charge in [-0.3, -0.25) is 9.59 Å². The molecule has 0 spiro atoms. The van der Waals surface area contributed by atoms with Crippen LogP contribution >= 0.6 is 0 Å². The molecule has 2 rings (SSSR count). The number of rotatable bonds is 2. The SMILES string of the molecule is COc1ccc(OC)c2c1C(=O)C(O)(O)C2=O. The van der Waals surface area contributed by atoms with Gasteiger partial charge < -0.3 is 19.7 Å². The molecule has 0 fully saturated rings. The second-order valence-corrected chi connectivity index (χ2v) is 3.55. The standard InChI is InChI=1S/C11H10O6/c1-16-5-3-4-6(17-2)8-7(5)9(12)11(14,15)10(8)13/h3-4,14-15H,1-2H3. The molecule has 0 saturated heterocycles. The third kappa shape index (κ3) is 1.35. The van der Waals surface area contributed by atoms with E-state index in [0.29, 0.717) is 0 Å². The van der Waals surface area contributed by atoms with Crippen molar-refractivity contribution in [2.45, 2.75) is 5.79 Å². The van der Waals surface area contributed by atoms with Crippen LogP contribution in [-0.4, -0.2) is 41.8 Å². The lowest BCUT2D eigenvalue weighted by atomic mass is 10.1. The first kappa shape index (κ1) is 11.6. The Morgan fingerprint density at radius 2 is 1.29 bits per heavy atom. The summed E-state index contributed by atoms with van der Waals surface area (Å²) in [7, 11) is 2.63. The van der Waals surface area contributed by atoms with E-state index in [4.69, 9.17) is 9.47 Å². The molecule has 0 bridgehead atoms. The number of Topliss-reactive ketones (excluding diaryl/α,β-unsaturated/α-hetero) is 2. The molecule has 1 aromatic rings. The Morgan fingerprint density at radius 1 is 0.941 bits per heavy atom. The minimum atomic E-state index is -3.04. The molecule has 1 aliphatic rings. The van der Waals surface area contributed by atoms with E-state index in [1.807, 2.05) is 0 Å². The Labute approximate surface area is 96.4 Å². The highest BCUT2D eigenvalue weighted by Crippen LogP contribution is 2.40. The number of hydrogen-bond donors (Lipinski definition) is 2. The second kappa shape index (κ2) is 3.54. The van der Waals surface area contributed by atoms with Crippen LogP contribution < -0.4 is 9.47 Å². The third-order valence-corrected chi connectivity index (χ3v) is 2.66. The number of ether oxygens (including phenoxy) is 2. The highest BCUT2D eigenvalue weighted by Gasteiger charge is 2.54. The van der Waals surface area contributed by atoms with Crippen LogP contribution in [0, 0.1) is 0 Å². The van der Waals surface area contributed by atoms with Gasteiger partial charge in [0.05, 0.1) is 25.3 Å². The predicted octanol–water partition coefficient (Wildman–Crippen LogP) is -0.236. The number of methoxy groups -OCH3 is 2. The Kier molecular flexibility index (Phi) is 2.41. The van der Waals surface area contributed by atoms with Crippen LogP contribution in [0.3, 0.4) is 0 Å². The fourth-order valence-electron chi connectivity index (χ4n) is 1.81. The summed E-state index contributed by atoms with van der Waals surface area (Å²) in [6.45, 7) is 0. The molecule has 0 amide bonds. The van der Waals surface area contributed by atoms with Crippen molar-refractivity contribution in [3.05, 3.63) is 23.3 Å². The van der Waals surface area contributed by atoms with E-state index in [1.54, 1.807) is 0 Å². The lowest BCUT2D eigenvalue weighted by molar-refractivity contribution is -0.0858. The van der Waals surface area contributed by atoms with Crippen molar-refractivity contribution in [3.63, 3.8) is 0 Å². The molecule has 0 atom stereocenters. The first-order chi connectivity index (χ1) is 7.95. The van der Waals surface area contributed by atoms with Crippen LogP contribution in [0.25, 0.3) is 0 Å². The van der Waals surface area contributed by atoms with Crippen LogP contribution in [0.4, 0.5) is 0 Å². The number of fused-ring (bicyclic) bond motifs is 1. The summed E-state index contributed by atoms with van der Waals surface area (Å²) in [6.07, 6.45) is 0. The highest BCUT2D eigenvalue weighted by molar-refractivity contribution is 6.32. The smallest absolute Gasteiger partial charge is 0.295 e. The summed E-state index contributed by atoms with van der Waals surface area (Å²) < 4.78 is 9.84. The third-order valence-electron chi connectivity index (χ3n) is 2.66. The fraction of sp³-hybridized carbons (Fsp3) is 0.273. The van der Waals surface area contributed by atoms with Gasteiger partial charge in [0.2, 0.25) is 11.6 Å². The Morgan fingerprint density at radius 3 is 1.59 bits per heavy atom. The molecule has 0 aliphatic heterocycles. The van der Waals surface area contributed by atoms with E-state index in [-0.39, 0.29) is 22.6 Å². The van der Waals surface area contributed by atoms with E-state index >= 15 is 0 Å². The molecule has 2 N–H and O–H groups in total. The Bertz CT molecular complexity index is 472. The van der Waals surface area contributed by atoms with Gasteiger partial charge in [-0.15, -0.1) is 0 Å². The fourth-order valence-corrected chi connectivity index (χ4v) is 1.81. The number of ketones is 2. The highest BCUT2D eigenvalue weighted by atomic mass is 16.5. The zero-order valence-electron chi connectivity index (χ0n) is 9.18. The lowest BCUT2D eigenvalue weighted by Gasteiger charge is -2.09. The van der Waals surface area contributed by atoms with Gasteiger partial charge in [-0.25, -0.2) is 0 Å². The van der Waals surface area contributed by atoms with Crippen molar-refractivity contribution in [2.75, 3.05) is 14.2 Å². The van der Waals surface area contributed by atoms with Crippen molar-refractivity contribution in [2.24, 2.45) is 0 Å². The quantitative estimate of drug-likeness (QED) is 0.545. The zero-order chi connectivity index (χ0) is 12.8. The summed E-state index contributed by atoms with van der Waals surface area (Å²) >= 11 is 0. The van der Waals surface area contributed by atoms with Crippen LogP contribution in [-0.2, 0) is 0 Å². The number of carbonyl (C=O) groups excluding carboxylic acids is 2. The molecule has 0 aromatic heterocycles. The van der Waals surface area contributed by atoms with Gasteiger partial charge in [-0.1, -0.05) is 0 Å². The first-order valence-electron chi connectivity index (χ1n) is 4.74. The molecule has 0 radical (unpaired) electrons. The molecule has 0 heterocycles. The van der Waals surface area contributed by atoms with Crippen molar-refractivity contribution in [3.8, 4) is 11.5 Å². The van der Waals surface area contributed by atoms with E-state index in [0.717, 1.165) is 0 Å². The molecular formula is C11H10O6. The molecular weight excluding hydrogens is 228 g/mol. The number of hydrogen-bond acceptors (Lipinski definition) is 6. The lowest BCUT2D eigenvalue weighted by Crippen LogP contribution is -2.40. The summed E-state index contributed by atoms with van der Waals surface area (Å²) in [5.74, 6) is -5.04. The van der Waals surface area contributed by atoms with E-state index in [1.165, 1.54) is 26.4 Å². The van der Waals surface area contributed by atoms with Crippen molar-refractivity contribution in [1.29, 1.82) is 0 Å². The number of carbonyl (C=O) groups is 2. The molecule has 0 saturated carbocycles. The number of benzene rings is 1. The van der Waals surface area contributed by atoms with Crippen LogP contribution in [0.15, 0.2) is 12.1 Å². The van der Waals surface area contributed by atoms with Gasteiger partial charge in [0, 0.05) is 0 Å². The van der Waals surface area contributed by atoms with E-state index < -0.39 is 17.4 Å². The average Bonchev–Trinajstić information content (AvgIpc) is 2.50. The van der Waals surface area contributed by atoms with Gasteiger partial charge in [-0.05, 0) is 12.1 Å². The van der Waals surface area contributed by atoms with Crippen molar-refractivity contribution >= 4 is 11.6 Å². The Hall–Kier alpha value is -1.92. The second-order valence-electron chi connectivity index (χ2n) is 3.55. The minimum Gasteiger partial charge on any atom is -0.496 e. The first-order valence-corrected chi connectivity index (χ1v) is 4.74. The maximum absolute atomic E-state index is 11.7. The van der Waals surface area contributed by atoms with Gasteiger partial charge in [0.15, 0.2) is 0 Å².